The number of nitrogens with one attached hydrogen (secondary N) is 1. The molecule has 1 aromatic carbocycles. The summed E-state index contributed by atoms with van der Waals surface area (Å²) < 4.78 is 20.5. The molecule has 9 heteroatoms. The van der Waals surface area contributed by atoms with Crippen LogP contribution >= 0.6 is 11.6 Å². The molecule has 0 spiro atoms. The summed E-state index contributed by atoms with van der Waals surface area (Å²) in [6.45, 7) is 3.81. The van der Waals surface area contributed by atoms with Crippen LogP contribution in [0.3, 0.4) is 0 Å². The van der Waals surface area contributed by atoms with Gasteiger partial charge in [-0.3, -0.25) is 9.89 Å². The summed E-state index contributed by atoms with van der Waals surface area (Å²) in [5, 5.41) is 12.2. The molecule has 7 nitrogen and oxygen atoms in total. The van der Waals surface area contributed by atoms with Crippen molar-refractivity contribution in [2.24, 2.45) is 0 Å². The highest BCUT2D eigenvalue weighted by atomic mass is 35.5. The molecule has 1 N–H and O–H groups in total. The highest BCUT2D eigenvalue weighted by Crippen LogP contribution is 2.30. The summed E-state index contributed by atoms with van der Waals surface area (Å²) >= 11 is 6.49. The van der Waals surface area contributed by atoms with Crippen molar-refractivity contribution < 1.29 is 9.13 Å². The number of benzene rings is 1. The SMILES string of the molecule is Cc1cc(F)ccc1Cc1n[nH]c2c1CCN(c1cnn(C3CCCCO3)c(=O)c1Cl)C2. The second-order valence-electron chi connectivity index (χ2n) is 8.46. The predicted octanol–water partition coefficient (Wildman–Crippen LogP) is 3.92. The third-order valence-electron chi connectivity index (χ3n) is 6.38. The highest BCUT2D eigenvalue weighted by Gasteiger charge is 2.26. The lowest BCUT2D eigenvalue weighted by molar-refractivity contribution is -0.0424. The Labute approximate surface area is 190 Å². The van der Waals surface area contributed by atoms with Gasteiger partial charge >= 0.3 is 0 Å². The molecule has 1 atom stereocenters. The first-order valence-corrected chi connectivity index (χ1v) is 11.3. The molecule has 1 unspecified atom stereocenters. The summed E-state index contributed by atoms with van der Waals surface area (Å²) in [5.41, 5.74) is 5.44. The van der Waals surface area contributed by atoms with Crippen LogP contribution in [0.1, 0.15) is 53.6 Å². The standard InChI is InChI=1S/C23H25ClFN5O2/c1-14-10-16(25)6-5-15(14)11-18-17-7-8-29(13-19(17)28-27-18)20-12-26-30(23(31)22(20)24)21-4-2-3-9-32-21/h5-6,10,12,21H,2-4,7-9,11,13H2,1H3,(H,27,28). The van der Waals surface area contributed by atoms with Crippen molar-refractivity contribution in [1.29, 1.82) is 0 Å². The van der Waals surface area contributed by atoms with E-state index in [0.29, 0.717) is 31.8 Å². The van der Waals surface area contributed by atoms with Gasteiger partial charge < -0.3 is 9.64 Å². The van der Waals surface area contributed by atoms with E-state index in [1.807, 2.05) is 13.0 Å². The molecular formula is C23H25ClFN5O2. The number of halogens is 2. The van der Waals surface area contributed by atoms with Gasteiger partial charge in [0.1, 0.15) is 10.8 Å². The van der Waals surface area contributed by atoms with Crippen molar-refractivity contribution in [2.75, 3.05) is 18.1 Å². The van der Waals surface area contributed by atoms with Gasteiger partial charge in [0.2, 0.25) is 0 Å². The smallest absolute Gasteiger partial charge is 0.290 e. The summed E-state index contributed by atoms with van der Waals surface area (Å²) in [6.07, 6.45) is 5.50. The molecule has 3 aromatic rings. The van der Waals surface area contributed by atoms with Crippen LogP contribution in [-0.2, 0) is 24.1 Å². The van der Waals surface area contributed by atoms with Gasteiger partial charge in [-0.25, -0.2) is 4.39 Å². The maximum absolute atomic E-state index is 13.4. The maximum Gasteiger partial charge on any atom is 0.290 e. The van der Waals surface area contributed by atoms with E-state index >= 15 is 0 Å². The van der Waals surface area contributed by atoms with Crippen LogP contribution in [0, 0.1) is 12.7 Å². The minimum absolute atomic E-state index is 0.166. The maximum atomic E-state index is 13.4. The number of fused-ring (bicyclic) bond motifs is 1. The van der Waals surface area contributed by atoms with Crippen LogP contribution in [0.25, 0.3) is 0 Å². The number of ether oxygens (including phenoxy) is 1. The Hall–Kier alpha value is -2.71. The molecule has 1 saturated heterocycles. The Kier molecular flexibility index (Phi) is 5.73. The van der Waals surface area contributed by atoms with Crippen LogP contribution < -0.4 is 10.5 Å². The highest BCUT2D eigenvalue weighted by molar-refractivity contribution is 6.33. The molecule has 0 amide bonds. The monoisotopic (exact) mass is 457 g/mol. The quantitative estimate of drug-likeness (QED) is 0.642. The number of aromatic nitrogens is 4. The van der Waals surface area contributed by atoms with Gasteiger partial charge in [0.05, 0.1) is 29.8 Å². The predicted molar refractivity (Wildman–Crippen MR) is 120 cm³/mol. The van der Waals surface area contributed by atoms with Crippen molar-refractivity contribution in [3.8, 4) is 0 Å². The second-order valence-corrected chi connectivity index (χ2v) is 8.84. The van der Waals surface area contributed by atoms with E-state index in [0.717, 1.165) is 48.2 Å². The first kappa shape index (κ1) is 21.2. The lowest BCUT2D eigenvalue weighted by Crippen LogP contribution is -2.35. The number of nitrogens with zero attached hydrogens (tertiary/aromatic N) is 4. The molecule has 5 rings (SSSR count). The Balaban J connectivity index is 1.36. The number of H-pyrrole nitrogens is 1. The van der Waals surface area contributed by atoms with Crippen LogP contribution in [0.5, 0.6) is 0 Å². The van der Waals surface area contributed by atoms with E-state index in [1.165, 1.54) is 16.3 Å². The fourth-order valence-electron chi connectivity index (χ4n) is 4.55. The van der Waals surface area contributed by atoms with Gasteiger partial charge in [0.15, 0.2) is 6.23 Å². The van der Waals surface area contributed by atoms with Crippen LogP contribution in [0.15, 0.2) is 29.2 Å². The van der Waals surface area contributed by atoms with Gasteiger partial charge in [0, 0.05) is 25.1 Å². The average molecular weight is 458 g/mol. The summed E-state index contributed by atoms with van der Waals surface area (Å²) in [6, 6.07) is 4.85. The molecule has 0 saturated carbocycles. The molecule has 2 aliphatic heterocycles. The fraction of sp³-hybridized carbons (Fsp3) is 0.435. The van der Waals surface area contributed by atoms with Crippen LogP contribution in [0.2, 0.25) is 5.02 Å². The molecular weight excluding hydrogens is 433 g/mol. The molecule has 32 heavy (non-hydrogen) atoms. The van der Waals surface area contributed by atoms with Crippen molar-refractivity contribution >= 4 is 17.3 Å². The van der Waals surface area contributed by atoms with Gasteiger partial charge in [-0.2, -0.15) is 14.9 Å². The molecule has 0 radical (unpaired) electrons. The first-order valence-electron chi connectivity index (χ1n) is 10.9. The van der Waals surface area contributed by atoms with Gasteiger partial charge in [0.25, 0.3) is 5.56 Å². The van der Waals surface area contributed by atoms with Crippen LogP contribution in [0.4, 0.5) is 10.1 Å². The zero-order chi connectivity index (χ0) is 22.2. The zero-order valence-corrected chi connectivity index (χ0v) is 18.7. The third kappa shape index (κ3) is 3.93. The summed E-state index contributed by atoms with van der Waals surface area (Å²) in [7, 11) is 0. The van der Waals surface area contributed by atoms with E-state index in [4.69, 9.17) is 16.3 Å². The number of aryl methyl sites for hydroxylation is 1. The lowest BCUT2D eigenvalue weighted by atomic mass is 9.97. The van der Waals surface area contributed by atoms with Crippen molar-refractivity contribution in [3.05, 3.63) is 73.7 Å². The van der Waals surface area contributed by atoms with Gasteiger partial charge in [-0.15, -0.1) is 0 Å². The van der Waals surface area contributed by atoms with Gasteiger partial charge in [-0.05, 0) is 55.9 Å². The van der Waals surface area contributed by atoms with E-state index in [2.05, 4.69) is 20.2 Å². The average Bonchev–Trinajstić information content (AvgIpc) is 3.20. The largest absolute Gasteiger partial charge is 0.363 e. The molecule has 168 valence electrons. The Morgan fingerprint density at radius 2 is 2.22 bits per heavy atom. The Morgan fingerprint density at radius 3 is 3.00 bits per heavy atom. The fourth-order valence-corrected chi connectivity index (χ4v) is 4.81. The Bertz CT molecular complexity index is 1200. The molecule has 2 aliphatic rings. The molecule has 1 fully saturated rings. The van der Waals surface area contributed by atoms with E-state index in [-0.39, 0.29) is 22.6 Å². The minimum Gasteiger partial charge on any atom is -0.363 e. The third-order valence-corrected chi connectivity index (χ3v) is 6.73. The molecule has 0 bridgehead atoms. The normalized spacial score (nSPS) is 18.6. The number of rotatable bonds is 4. The second kappa shape index (κ2) is 8.67. The van der Waals surface area contributed by atoms with Crippen molar-refractivity contribution in [2.45, 2.75) is 51.8 Å². The lowest BCUT2D eigenvalue weighted by Gasteiger charge is -2.30. The summed E-state index contributed by atoms with van der Waals surface area (Å²) in [5.74, 6) is -0.228. The van der Waals surface area contributed by atoms with Crippen LogP contribution in [-0.4, -0.2) is 33.1 Å². The number of hydrogen-bond acceptors (Lipinski definition) is 5. The number of aromatic amines is 1. The summed E-state index contributed by atoms with van der Waals surface area (Å²) in [4.78, 5) is 14.9. The number of hydrogen-bond donors (Lipinski definition) is 1. The van der Waals surface area contributed by atoms with Crippen molar-refractivity contribution in [3.63, 3.8) is 0 Å². The Morgan fingerprint density at radius 1 is 1.34 bits per heavy atom. The molecule has 4 heterocycles. The van der Waals surface area contributed by atoms with Crippen molar-refractivity contribution in [1.82, 2.24) is 20.0 Å². The van der Waals surface area contributed by atoms with E-state index in [9.17, 15) is 9.18 Å². The molecule has 2 aromatic heterocycles. The first-order chi connectivity index (χ1) is 15.5. The molecule has 0 aliphatic carbocycles. The zero-order valence-electron chi connectivity index (χ0n) is 17.9. The minimum atomic E-state index is -0.346. The van der Waals surface area contributed by atoms with Gasteiger partial charge in [-0.1, -0.05) is 17.7 Å². The van der Waals surface area contributed by atoms with E-state index in [1.54, 1.807) is 12.3 Å². The topological polar surface area (TPSA) is 76.0 Å². The van der Waals surface area contributed by atoms with E-state index < -0.39 is 0 Å². The number of anilines is 1.